The molecule has 0 aliphatic heterocycles. The van der Waals surface area contributed by atoms with Gasteiger partial charge in [-0.15, -0.1) is 0 Å². The van der Waals surface area contributed by atoms with Crippen LogP contribution in [0, 0.1) is 11.3 Å². The van der Waals surface area contributed by atoms with Gasteiger partial charge in [-0.2, -0.15) is 5.26 Å². The van der Waals surface area contributed by atoms with E-state index in [0.29, 0.717) is 11.4 Å². The molecule has 2 unspecified atom stereocenters. The number of nitrogens with zero attached hydrogens (tertiary/aromatic N) is 2. The van der Waals surface area contributed by atoms with E-state index in [1.54, 1.807) is 7.11 Å². The van der Waals surface area contributed by atoms with Crippen molar-refractivity contribution in [3.63, 3.8) is 0 Å². The van der Waals surface area contributed by atoms with E-state index in [4.69, 9.17) is 9.47 Å². The number of hydrogen-bond acceptors (Lipinski definition) is 4. The summed E-state index contributed by atoms with van der Waals surface area (Å²) in [5.41, 5.74) is 2.92. The Labute approximate surface area is 126 Å². The zero-order chi connectivity index (χ0) is 14.7. The normalized spacial score (nSPS) is 25.0. The SMILES string of the molecule is COC1CCCC(Oc2nc3c(cc2C#N)CCCC3)C1. The molecule has 2 atom stereocenters. The molecular weight excluding hydrogens is 264 g/mol. The molecule has 4 heteroatoms. The minimum absolute atomic E-state index is 0.116. The van der Waals surface area contributed by atoms with Crippen LogP contribution in [0.1, 0.15) is 55.3 Å². The van der Waals surface area contributed by atoms with E-state index >= 15 is 0 Å². The number of rotatable bonds is 3. The van der Waals surface area contributed by atoms with Crippen molar-refractivity contribution in [3.05, 3.63) is 22.9 Å². The average Bonchev–Trinajstić information content (AvgIpc) is 2.54. The first-order chi connectivity index (χ1) is 10.3. The summed E-state index contributed by atoms with van der Waals surface area (Å²) in [6, 6.07) is 4.22. The van der Waals surface area contributed by atoms with Gasteiger partial charge < -0.3 is 9.47 Å². The summed E-state index contributed by atoms with van der Waals surface area (Å²) in [4.78, 5) is 4.64. The number of methoxy groups -OCH3 is 1. The van der Waals surface area contributed by atoms with Gasteiger partial charge in [0.15, 0.2) is 0 Å². The van der Waals surface area contributed by atoms with Crippen molar-refractivity contribution in [2.75, 3.05) is 7.11 Å². The predicted octanol–water partition coefficient (Wildman–Crippen LogP) is 3.17. The van der Waals surface area contributed by atoms with Crippen LogP contribution in [0.2, 0.25) is 0 Å². The van der Waals surface area contributed by atoms with Crippen molar-refractivity contribution >= 4 is 0 Å². The Kier molecular flexibility index (Phi) is 4.40. The highest BCUT2D eigenvalue weighted by atomic mass is 16.5. The van der Waals surface area contributed by atoms with E-state index in [-0.39, 0.29) is 12.2 Å². The van der Waals surface area contributed by atoms with Crippen molar-refractivity contribution in [1.82, 2.24) is 4.98 Å². The lowest BCUT2D eigenvalue weighted by Crippen LogP contribution is -2.30. The number of hydrogen-bond donors (Lipinski definition) is 0. The van der Waals surface area contributed by atoms with Crippen LogP contribution in [0.3, 0.4) is 0 Å². The lowest BCUT2D eigenvalue weighted by molar-refractivity contribution is 0.0193. The van der Waals surface area contributed by atoms with Gasteiger partial charge in [0.1, 0.15) is 17.7 Å². The number of fused-ring (bicyclic) bond motifs is 1. The number of aromatic nitrogens is 1. The van der Waals surface area contributed by atoms with E-state index in [9.17, 15) is 5.26 Å². The van der Waals surface area contributed by atoms with Gasteiger partial charge in [-0.25, -0.2) is 4.98 Å². The third kappa shape index (κ3) is 3.19. The molecule has 1 aromatic heterocycles. The Hall–Kier alpha value is -1.60. The van der Waals surface area contributed by atoms with Gasteiger partial charge in [-0.1, -0.05) is 0 Å². The molecule has 0 aromatic carbocycles. The number of aryl methyl sites for hydroxylation is 2. The van der Waals surface area contributed by atoms with Gasteiger partial charge >= 0.3 is 0 Å². The summed E-state index contributed by atoms with van der Waals surface area (Å²) in [6.45, 7) is 0. The van der Waals surface area contributed by atoms with E-state index in [1.165, 1.54) is 18.4 Å². The van der Waals surface area contributed by atoms with Crippen LogP contribution in [0.4, 0.5) is 0 Å². The van der Waals surface area contributed by atoms with Crippen LogP contribution in [0.5, 0.6) is 5.88 Å². The Morgan fingerprint density at radius 2 is 2.00 bits per heavy atom. The van der Waals surface area contributed by atoms with Crippen molar-refractivity contribution in [1.29, 1.82) is 5.26 Å². The lowest BCUT2D eigenvalue weighted by Gasteiger charge is -2.29. The van der Waals surface area contributed by atoms with Crippen LogP contribution >= 0.6 is 0 Å². The molecule has 21 heavy (non-hydrogen) atoms. The highest BCUT2D eigenvalue weighted by molar-refractivity contribution is 5.43. The Bertz CT molecular complexity index is 550. The van der Waals surface area contributed by atoms with E-state index in [0.717, 1.165) is 44.2 Å². The zero-order valence-electron chi connectivity index (χ0n) is 12.6. The van der Waals surface area contributed by atoms with Gasteiger partial charge in [0.25, 0.3) is 0 Å². The Morgan fingerprint density at radius 3 is 2.81 bits per heavy atom. The topological polar surface area (TPSA) is 55.1 Å². The van der Waals surface area contributed by atoms with Crippen LogP contribution in [-0.4, -0.2) is 24.3 Å². The fraction of sp³-hybridized carbons (Fsp3) is 0.647. The highest BCUT2D eigenvalue weighted by Gasteiger charge is 2.25. The smallest absolute Gasteiger partial charge is 0.232 e. The number of nitriles is 1. The van der Waals surface area contributed by atoms with Crippen molar-refractivity contribution in [2.45, 2.75) is 63.6 Å². The molecule has 0 spiro atoms. The first-order valence-corrected chi connectivity index (χ1v) is 7.92. The molecule has 1 saturated carbocycles. The largest absolute Gasteiger partial charge is 0.473 e. The maximum absolute atomic E-state index is 9.35. The van der Waals surface area contributed by atoms with E-state index in [1.807, 2.05) is 6.07 Å². The molecule has 1 fully saturated rings. The van der Waals surface area contributed by atoms with Gasteiger partial charge in [-0.3, -0.25) is 0 Å². The molecule has 1 heterocycles. The van der Waals surface area contributed by atoms with Gasteiger partial charge in [-0.05, 0) is 56.6 Å². The molecule has 2 aliphatic rings. The minimum atomic E-state index is 0.116. The zero-order valence-corrected chi connectivity index (χ0v) is 12.6. The predicted molar refractivity (Wildman–Crippen MR) is 79.3 cm³/mol. The summed E-state index contributed by atoms with van der Waals surface area (Å²) in [7, 11) is 1.75. The van der Waals surface area contributed by atoms with E-state index in [2.05, 4.69) is 11.1 Å². The van der Waals surface area contributed by atoms with Crippen LogP contribution in [0.15, 0.2) is 6.07 Å². The van der Waals surface area contributed by atoms with Crippen molar-refractivity contribution in [3.8, 4) is 11.9 Å². The maximum atomic E-state index is 9.35. The molecule has 3 rings (SSSR count). The fourth-order valence-corrected chi connectivity index (χ4v) is 3.37. The molecular formula is C17H22N2O2. The molecule has 0 amide bonds. The van der Waals surface area contributed by atoms with Crippen LogP contribution in [0.25, 0.3) is 0 Å². The molecule has 2 aliphatic carbocycles. The second-order valence-electron chi connectivity index (χ2n) is 6.03. The summed E-state index contributed by atoms with van der Waals surface area (Å²) in [6.07, 6.45) is 8.91. The summed E-state index contributed by atoms with van der Waals surface area (Å²) in [5, 5.41) is 9.35. The van der Waals surface area contributed by atoms with Crippen molar-refractivity contribution < 1.29 is 9.47 Å². The Morgan fingerprint density at radius 1 is 1.19 bits per heavy atom. The lowest BCUT2D eigenvalue weighted by atomic mass is 9.94. The van der Waals surface area contributed by atoms with E-state index < -0.39 is 0 Å². The molecule has 0 saturated heterocycles. The minimum Gasteiger partial charge on any atom is -0.473 e. The molecule has 112 valence electrons. The summed E-state index contributed by atoms with van der Waals surface area (Å²) in [5.74, 6) is 0.528. The fourth-order valence-electron chi connectivity index (χ4n) is 3.37. The monoisotopic (exact) mass is 286 g/mol. The summed E-state index contributed by atoms with van der Waals surface area (Å²) >= 11 is 0. The maximum Gasteiger partial charge on any atom is 0.232 e. The molecule has 4 nitrogen and oxygen atoms in total. The molecule has 0 N–H and O–H groups in total. The average molecular weight is 286 g/mol. The quantitative estimate of drug-likeness (QED) is 0.856. The first-order valence-electron chi connectivity index (χ1n) is 7.92. The third-order valence-corrected chi connectivity index (χ3v) is 4.58. The summed E-state index contributed by atoms with van der Waals surface area (Å²) < 4.78 is 11.5. The van der Waals surface area contributed by atoms with Crippen molar-refractivity contribution in [2.24, 2.45) is 0 Å². The van der Waals surface area contributed by atoms with Crippen LogP contribution in [-0.2, 0) is 17.6 Å². The highest BCUT2D eigenvalue weighted by Crippen LogP contribution is 2.29. The third-order valence-electron chi connectivity index (χ3n) is 4.58. The van der Waals surface area contributed by atoms with Gasteiger partial charge in [0, 0.05) is 19.2 Å². The van der Waals surface area contributed by atoms with Crippen LogP contribution < -0.4 is 4.74 Å². The molecule has 0 bridgehead atoms. The Balaban J connectivity index is 1.79. The number of ether oxygens (including phenoxy) is 2. The van der Waals surface area contributed by atoms with Gasteiger partial charge in [0.05, 0.1) is 6.10 Å². The molecule has 1 aromatic rings. The molecule has 0 radical (unpaired) electrons. The van der Waals surface area contributed by atoms with Gasteiger partial charge in [0.2, 0.25) is 5.88 Å². The number of pyridine rings is 1. The standard InChI is InChI=1S/C17H22N2O2/c1-20-14-6-4-7-15(10-14)21-17-13(11-18)9-12-5-2-3-8-16(12)19-17/h9,14-15H,2-8,10H2,1H3. The first kappa shape index (κ1) is 14.3. The second kappa shape index (κ2) is 6.44. The second-order valence-corrected chi connectivity index (χ2v) is 6.03.